The lowest BCUT2D eigenvalue weighted by atomic mass is 9.86. The van der Waals surface area contributed by atoms with Crippen LogP contribution in [-0.2, 0) is 10.3 Å². The van der Waals surface area contributed by atoms with Gasteiger partial charge < -0.3 is 19.9 Å². The highest BCUT2D eigenvalue weighted by Crippen LogP contribution is 2.53. The van der Waals surface area contributed by atoms with Crippen molar-refractivity contribution < 1.29 is 23.8 Å². The highest BCUT2D eigenvalue weighted by Gasteiger charge is 2.51. The fourth-order valence-electron chi connectivity index (χ4n) is 3.10. The second-order valence-electron chi connectivity index (χ2n) is 7.51. The lowest BCUT2D eigenvalue weighted by molar-refractivity contribution is -0.0339. The molecule has 150 valence electrons. The first-order valence-electron chi connectivity index (χ1n) is 8.62. The monoisotopic (exact) mass is 471 g/mol. The molecule has 2 N–H and O–H groups in total. The summed E-state index contributed by atoms with van der Waals surface area (Å²) in [6.45, 7) is 5.14. The zero-order chi connectivity index (χ0) is 20.7. The molecule has 2 aromatic carbocycles. The number of rotatable bonds is 3. The van der Waals surface area contributed by atoms with E-state index in [9.17, 15) is 14.3 Å². The van der Waals surface area contributed by atoms with Crippen LogP contribution in [0.25, 0.3) is 0 Å². The molecule has 3 rings (SSSR count). The number of amides is 1. The summed E-state index contributed by atoms with van der Waals surface area (Å²) < 4.78 is 25.6. The summed E-state index contributed by atoms with van der Waals surface area (Å²) in [6.07, 6.45) is -1.87. The van der Waals surface area contributed by atoms with Gasteiger partial charge in [0.25, 0.3) is 0 Å². The summed E-state index contributed by atoms with van der Waals surface area (Å²) in [6, 6.07) is 10.0. The summed E-state index contributed by atoms with van der Waals surface area (Å²) >= 11 is 9.23. The summed E-state index contributed by atoms with van der Waals surface area (Å²) in [7, 11) is 0. The molecule has 2 aromatic rings. The topological polar surface area (TPSA) is 67.8 Å². The Hall–Kier alpha value is -1.83. The van der Waals surface area contributed by atoms with Crippen molar-refractivity contribution in [3.05, 3.63) is 62.8 Å². The van der Waals surface area contributed by atoms with Crippen molar-refractivity contribution in [1.82, 2.24) is 5.32 Å². The molecule has 1 amide bonds. The van der Waals surface area contributed by atoms with Crippen molar-refractivity contribution in [2.24, 2.45) is 0 Å². The maximum atomic E-state index is 14.1. The number of alkyl carbamates (subject to hydrolysis) is 1. The van der Waals surface area contributed by atoms with E-state index in [0.717, 1.165) is 6.07 Å². The molecule has 0 aliphatic carbocycles. The van der Waals surface area contributed by atoms with Gasteiger partial charge in [0.05, 0.1) is 11.6 Å². The van der Waals surface area contributed by atoms with Gasteiger partial charge in [-0.2, -0.15) is 0 Å². The number of carbonyl (C=O) groups excluding carboxylic acids is 1. The summed E-state index contributed by atoms with van der Waals surface area (Å²) in [5.41, 5.74) is -1.12. The smallest absolute Gasteiger partial charge is 0.407 e. The summed E-state index contributed by atoms with van der Waals surface area (Å²) in [5.74, 6) is -0.528. The second kappa shape index (κ2) is 7.54. The van der Waals surface area contributed by atoms with E-state index in [2.05, 4.69) is 21.2 Å². The van der Waals surface area contributed by atoms with Crippen molar-refractivity contribution in [2.45, 2.75) is 38.1 Å². The molecule has 1 aliphatic rings. The van der Waals surface area contributed by atoms with Gasteiger partial charge in [-0.25, -0.2) is 9.18 Å². The van der Waals surface area contributed by atoms with E-state index in [4.69, 9.17) is 21.1 Å². The lowest BCUT2D eigenvalue weighted by Crippen LogP contribution is -2.47. The molecule has 8 heteroatoms. The third-order valence-electron chi connectivity index (χ3n) is 4.33. The minimum absolute atomic E-state index is 0.104. The Balaban J connectivity index is 2.00. The van der Waals surface area contributed by atoms with Gasteiger partial charge in [-0.3, -0.25) is 0 Å². The van der Waals surface area contributed by atoms with Crippen molar-refractivity contribution >= 4 is 33.6 Å². The minimum atomic E-state index is -1.37. The van der Waals surface area contributed by atoms with E-state index in [1.807, 2.05) is 6.07 Å². The molecule has 1 heterocycles. The number of benzene rings is 2. The van der Waals surface area contributed by atoms with Crippen molar-refractivity contribution in [1.29, 1.82) is 0 Å². The van der Waals surface area contributed by atoms with E-state index in [1.54, 1.807) is 45.0 Å². The predicted molar refractivity (Wildman–Crippen MR) is 107 cm³/mol. The molecule has 28 heavy (non-hydrogen) atoms. The molecule has 0 spiro atoms. The first-order chi connectivity index (χ1) is 13.0. The number of nitrogens with one attached hydrogen (secondary N) is 1. The van der Waals surface area contributed by atoms with Gasteiger partial charge in [0.1, 0.15) is 23.3 Å². The quantitative estimate of drug-likeness (QED) is 0.611. The average Bonchev–Trinajstić information content (AvgIpc) is 2.90. The Morgan fingerprint density at radius 3 is 2.64 bits per heavy atom. The summed E-state index contributed by atoms with van der Waals surface area (Å²) in [5, 5.41) is 13.7. The molecule has 0 saturated carbocycles. The molecule has 2 unspecified atom stereocenters. The molecule has 0 saturated heterocycles. The van der Waals surface area contributed by atoms with E-state index < -0.39 is 29.2 Å². The van der Waals surface area contributed by atoms with Crippen LogP contribution in [0.2, 0.25) is 5.02 Å². The van der Waals surface area contributed by atoms with Crippen molar-refractivity contribution in [3.63, 3.8) is 0 Å². The zero-order valence-electron chi connectivity index (χ0n) is 15.6. The highest BCUT2D eigenvalue weighted by molar-refractivity contribution is 9.10. The van der Waals surface area contributed by atoms with Crippen LogP contribution in [0.4, 0.5) is 9.18 Å². The summed E-state index contributed by atoms with van der Waals surface area (Å²) in [4.78, 5) is 12.2. The zero-order valence-corrected chi connectivity index (χ0v) is 17.9. The van der Waals surface area contributed by atoms with E-state index in [-0.39, 0.29) is 21.8 Å². The Morgan fingerprint density at radius 2 is 2.04 bits per heavy atom. The number of hydrogen-bond donors (Lipinski definition) is 2. The number of ether oxygens (including phenoxy) is 2. The SMILES string of the molecule is CC(C)(C)OC(=O)NCC1(c2ccccc2)Oc2cc(F)c(Cl)c(Br)c2C1O. The number of aliphatic hydroxyl groups is 1. The molecule has 0 radical (unpaired) electrons. The van der Waals surface area contributed by atoms with E-state index in [0.29, 0.717) is 11.1 Å². The Kier molecular flexibility index (Phi) is 5.62. The Morgan fingerprint density at radius 1 is 1.39 bits per heavy atom. The third kappa shape index (κ3) is 3.83. The fourth-order valence-corrected chi connectivity index (χ4v) is 3.86. The lowest BCUT2D eigenvalue weighted by Gasteiger charge is -2.33. The molecule has 5 nitrogen and oxygen atoms in total. The minimum Gasteiger partial charge on any atom is -0.477 e. The van der Waals surface area contributed by atoms with Gasteiger partial charge in [-0.05, 0) is 36.7 Å². The number of aliphatic hydroxyl groups excluding tert-OH is 1. The van der Waals surface area contributed by atoms with Gasteiger partial charge >= 0.3 is 6.09 Å². The standard InChI is InChI=1S/C20H20BrClFNO4/c1-19(2,3)28-18(26)24-10-20(11-7-5-4-6-8-11)17(25)14-13(27-20)9-12(23)16(22)15(14)21/h4-9,17,25H,10H2,1-3H3,(H,24,26). The fraction of sp³-hybridized carbons (Fsp3) is 0.350. The van der Waals surface area contributed by atoms with Gasteiger partial charge in [0, 0.05) is 21.7 Å². The normalized spacial score (nSPS) is 21.0. The Bertz CT molecular complexity index is 903. The van der Waals surface area contributed by atoms with Crippen LogP contribution >= 0.6 is 27.5 Å². The largest absolute Gasteiger partial charge is 0.477 e. The van der Waals surface area contributed by atoms with Crippen LogP contribution in [0.5, 0.6) is 5.75 Å². The molecule has 0 bridgehead atoms. The maximum Gasteiger partial charge on any atom is 0.407 e. The van der Waals surface area contributed by atoms with Crippen LogP contribution < -0.4 is 10.1 Å². The molecule has 2 atom stereocenters. The van der Waals surface area contributed by atoms with Crippen LogP contribution in [0.3, 0.4) is 0 Å². The third-order valence-corrected chi connectivity index (χ3v) is 5.75. The van der Waals surface area contributed by atoms with Gasteiger partial charge in [0.15, 0.2) is 5.60 Å². The second-order valence-corrected chi connectivity index (χ2v) is 8.68. The number of carbonyl (C=O) groups is 1. The first kappa shape index (κ1) is 20.9. The molecule has 0 aromatic heterocycles. The van der Waals surface area contributed by atoms with Crippen LogP contribution in [0, 0.1) is 5.82 Å². The van der Waals surface area contributed by atoms with Gasteiger partial charge in [0.2, 0.25) is 0 Å². The number of hydrogen-bond acceptors (Lipinski definition) is 4. The van der Waals surface area contributed by atoms with Crippen LogP contribution in [0.1, 0.15) is 38.0 Å². The molecule has 0 fully saturated rings. The molecule has 1 aliphatic heterocycles. The Labute approximate surface area is 175 Å². The van der Waals surface area contributed by atoms with E-state index >= 15 is 0 Å². The van der Waals surface area contributed by atoms with Crippen molar-refractivity contribution in [2.75, 3.05) is 6.54 Å². The van der Waals surface area contributed by atoms with E-state index in [1.165, 1.54) is 0 Å². The predicted octanol–water partition coefficient (Wildman–Crippen LogP) is 5.09. The molecular weight excluding hydrogens is 453 g/mol. The number of fused-ring (bicyclic) bond motifs is 1. The van der Waals surface area contributed by atoms with Crippen LogP contribution in [-0.4, -0.2) is 23.3 Å². The van der Waals surface area contributed by atoms with Gasteiger partial charge in [-0.15, -0.1) is 0 Å². The first-order valence-corrected chi connectivity index (χ1v) is 9.79. The number of halogens is 3. The van der Waals surface area contributed by atoms with Crippen molar-refractivity contribution in [3.8, 4) is 5.75 Å². The highest BCUT2D eigenvalue weighted by atomic mass is 79.9. The van der Waals surface area contributed by atoms with Crippen LogP contribution in [0.15, 0.2) is 40.9 Å². The molecular formula is C20H20BrClFNO4. The van der Waals surface area contributed by atoms with Gasteiger partial charge in [-0.1, -0.05) is 41.9 Å². The average molecular weight is 473 g/mol. The maximum absolute atomic E-state index is 14.1.